The van der Waals surface area contributed by atoms with Gasteiger partial charge in [-0.3, -0.25) is 4.79 Å². The highest BCUT2D eigenvalue weighted by Gasteiger charge is 2.08. The number of rotatable bonds is 7. The van der Waals surface area contributed by atoms with E-state index < -0.39 is 0 Å². The predicted octanol–water partition coefficient (Wildman–Crippen LogP) is 5.03. The number of halogens is 1. The minimum atomic E-state index is -0.260. The zero-order chi connectivity index (χ0) is 21.6. The number of ether oxygens (including phenoxy) is 1. The minimum absolute atomic E-state index is 0.260. The molecular weight excluding hydrogens is 478 g/mol. The first-order valence-corrected chi connectivity index (χ1v) is 11.0. The van der Waals surface area contributed by atoms with E-state index in [1.54, 1.807) is 28.4 Å². The van der Waals surface area contributed by atoms with Gasteiger partial charge >= 0.3 is 0 Å². The average molecular weight is 496 g/mol. The predicted molar refractivity (Wildman–Crippen MR) is 124 cm³/mol. The Morgan fingerprint density at radius 1 is 1.29 bits per heavy atom. The molecule has 0 radical (unpaired) electrons. The van der Waals surface area contributed by atoms with Crippen molar-refractivity contribution in [2.24, 2.45) is 0 Å². The topological polar surface area (TPSA) is 81.9 Å². The fraction of sp³-hybridized carbons (Fsp3) is 0.0909. The summed E-state index contributed by atoms with van der Waals surface area (Å²) >= 11 is 5.03. The summed E-state index contributed by atoms with van der Waals surface area (Å²) in [5.74, 6) is 0.456. The standard InChI is InChI=1S/C22H18BrN5O2S/c1-15-26-18(12-31-15)11-30-19-4-2-3-16(9-19)5-8-22(29)27-20-10-17(23)6-7-21(20)28-14-24-13-25-28/h2-10,12-14H,11H2,1H3,(H,27,29)/b8-5+. The summed E-state index contributed by atoms with van der Waals surface area (Å²) in [6.07, 6.45) is 6.24. The Bertz CT molecular complexity index is 1220. The number of carbonyl (C=O) groups excluding carboxylic acids is 1. The second-order valence-electron chi connectivity index (χ2n) is 6.54. The van der Waals surface area contributed by atoms with Gasteiger partial charge in [-0.1, -0.05) is 28.1 Å². The third kappa shape index (κ3) is 5.65. The van der Waals surface area contributed by atoms with Gasteiger partial charge in [0.1, 0.15) is 25.0 Å². The van der Waals surface area contributed by atoms with E-state index in [-0.39, 0.29) is 5.91 Å². The van der Waals surface area contributed by atoms with Gasteiger partial charge in [-0.15, -0.1) is 11.3 Å². The van der Waals surface area contributed by atoms with Crippen LogP contribution >= 0.6 is 27.3 Å². The molecule has 0 aliphatic rings. The molecule has 1 N–H and O–H groups in total. The Balaban J connectivity index is 1.42. The highest BCUT2D eigenvalue weighted by atomic mass is 79.9. The van der Waals surface area contributed by atoms with Gasteiger partial charge in [-0.05, 0) is 48.9 Å². The first kappa shape index (κ1) is 21.0. The normalized spacial score (nSPS) is 11.0. The Morgan fingerprint density at radius 3 is 2.97 bits per heavy atom. The van der Waals surface area contributed by atoms with Crippen molar-refractivity contribution in [3.8, 4) is 11.4 Å². The van der Waals surface area contributed by atoms with E-state index in [2.05, 4.69) is 36.3 Å². The number of thiazole rings is 1. The Kier molecular flexibility index (Phi) is 6.54. The summed E-state index contributed by atoms with van der Waals surface area (Å²) in [7, 11) is 0. The number of amides is 1. The number of nitrogens with zero attached hydrogens (tertiary/aromatic N) is 4. The molecule has 0 bridgehead atoms. The highest BCUT2D eigenvalue weighted by molar-refractivity contribution is 9.10. The number of hydrogen-bond donors (Lipinski definition) is 1. The van der Waals surface area contributed by atoms with Gasteiger partial charge in [0.15, 0.2) is 0 Å². The molecule has 2 heterocycles. The lowest BCUT2D eigenvalue weighted by Gasteiger charge is -2.10. The van der Waals surface area contributed by atoms with E-state index in [1.165, 1.54) is 12.4 Å². The van der Waals surface area contributed by atoms with Gasteiger partial charge in [0.25, 0.3) is 0 Å². The first-order valence-electron chi connectivity index (χ1n) is 9.34. The number of aryl methyl sites for hydroxylation is 1. The molecule has 156 valence electrons. The molecule has 4 aromatic rings. The molecule has 2 aromatic carbocycles. The van der Waals surface area contributed by atoms with Crippen molar-refractivity contribution in [1.29, 1.82) is 0 Å². The van der Waals surface area contributed by atoms with Crippen molar-refractivity contribution >= 4 is 44.9 Å². The molecule has 0 aliphatic heterocycles. The van der Waals surface area contributed by atoms with Crippen LogP contribution in [-0.4, -0.2) is 25.7 Å². The molecule has 31 heavy (non-hydrogen) atoms. The fourth-order valence-corrected chi connectivity index (χ4v) is 3.79. The molecule has 9 heteroatoms. The largest absolute Gasteiger partial charge is 0.487 e. The van der Waals surface area contributed by atoms with Crippen LogP contribution in [0.2, 0.25) is 0 Å². The molecule has 0 saturated heterocycles. The maximum atomic E-state index is 12.5. The summed E-state index contributed by atoms with van der Waals surface area (Å²) < 4.78 is 8.24. The van der Waals surface area contributed by atoms with E-state index in [0.717, 1.165) is 26.4 Å². The van der Waals surface area contributed by atoms with E-state index in [1.807, 2.05) is 54.8 Å². The molecular formula is C22H18BrN5O2S. The number of hydrogen-bond acceptors (Lipinski definition) is 6. The van der Waals surface area contributed by atoms with Crippen LogP contribution in [0.5, 0.6) is 5.75 Å². The van der Waals surface area contributed by atoms with Gasteiger partial charge in [0.05, 0.1) is 22.1 Å². The maximum absolute atomic E-state index is 12.5. The van der Waals surface area contributed by atoms with Gasteiger partial charge < -0.3 is 10.1 Å². The molecule has 0 aliphatic carbocycles. The number of anilines is 1. The second-order valence-corrected chi connectivity index (χ2v) is 8.52. The van der Waals surface area contributed by atoms with Crippen molar-refractivity contribution in [2.45, 2.75) is 13.5 Å². The molecule has 2 aromatic heterocycles. The van der Waals surface area contributed by atoms with E-state index in [0.29, 0.717) is 18.0 Å². The molecule has 0 atom stereocenters. The van der Waals surface area contributed by atoms with Crippen LogP contribution in [0.4, 0.5) is 5.69 Å². The molecule has 1 amide bonds. The van der Waals surface area contributed by atoms with Crippen LogP contribution in [-0.2, 0) is 11.4 Å². The van der Waals surface area contributed by atoms with Crippen LogP contribution in [0, 0.1) is 6.92 Å². The SMILES string of the molecule is Cc1nc(COc2cccc(/C=C/C(=O)Nc3cc(Br)ccc3-n3cncn3)c2)cs1. The van der Waals surface area contributed by atoms with Crippen LogP contribution < -0.4 is 10.1 Å². The smallest absolute Gasteiger partial charge is 0.248 e. The summed E-state index contributed by atoms with van der Waals surface area (Å²) in [5, 5.41) is 10.0. The molecule has 0 unspecified atom stereocenters. The Morgan fingerprint density at radius 2 is 2.19 bits per heavy atom. The molecule has 0 saturated carbocycles. The summed E-state index contributed by atoms with van der Waals surface area (Å²) in [4.78, 5) is 20.9. The number of benzene rings is 2. The quantitative estimate of drug-likeness (QED) is 0.363. The summed E-state index contributed by atoms with van der Waals surface area (Å²) in [5.41, 5.74) is 3.09. The van der Waals surface area contributed by atoms with Crippen LogP contribution in [0.3, 0.4) is 0 Å². The van der Waals surface area contributed by atoms with E-state index in [9.17, 15) is 4.79 Å². The fourth-order valence-electron chi connectivity index (χ4n) is 2.83. The first-order chi connectivity index (χ1) is 15.1. The van der Waals surface area contributed by atoms with Crippen LogP contribution in [0.25, 0.3) is 11.8 Å². The van der Waals surface area contributed by atoms with Gasteiger partial charge in [0.2, 0.25) is 5.91 Å². The lowest BCUT2D eigenvalue weighted by molar-refractivity contribution is -0.111. The Hall–Kier alpha value is -3.30. The molecule has 4 rings (SSSR count). The summed E-state index contributed by atoms with van der Waals surface area (Å²) in [6.45, 7) is 2.37. The lowest BCUT2D eigenvalue weighted by Crippen LogP contribution is -2.11. The minimum Gasteiger partial charge on any atom is -0.487 e. The monoisotopic (exact) mass is 495 g/mol. The second kappa shape index (κ2) is 9.67. The van der Waals surface area contributed by atoms with Crippen molar-refractivity contribution < 1.29 is 9.53 Å². The van der Waals surface area contributed by atoms with E-state index in [4.69, 9.17) is 4.74 Å². The number of carbonyl (C=O) groups is 1. The van der Waals surface area contributed by atoms with Crippen molar-refractivity contribution in [3.05, 3.63) is 87.3 Å². The number of aromatic nitrogens is 4. The maximum Gasteiger partial charge on any atom is 0.248 e. The van der Waals surface area contributed by atoms with Gasteiger partial charge in [-0.25, -0.2) is 14.6 Å². The third-order valence-electron chi connectivity index (χ3n) is 4.22. The van der Waals surface area contributed by atoms with Crippen molar-refractivity contribution in [2.75, 3.05) is 5.32 Å². The van der Waals surface area contributed by atoms with Crippen molar-refractivity contribution in [1.82, 2.24) is 19.7 Å². The molecule has 7 nitrogen and oxygen atoms in total. The van der Waals surface area contributed by atoms with Gasteiger partial charge in [0, 0.05) is 15.9 Å². The highest BCUT2D eigenvalue weighted by Crippen LogP contribution is 2.24. The van der Waals surface area contributed by atoms with Gasteiger partial charge in [-0.2, -0.15) is 5.10 Å². The lowest BCUT2D eigenvalue weighted by atomic mass is 10.2. The average Bonchev–Trinajstić information content (AvgIpc) is 3.43. The zero-order valence-electron chi connectivity index (χ0n) is 16.5. The number of nitrogens with one attached hydrogen (secondary N) is 1. The zero-order valence-corrected chi connectivity index (χ0v) is 18.9. The molecule has 0 spiro atoms. The van der Waals surface area contributed by atoms with E-state index >= 15 is 0 Å². The summed E-state index contributed by atoms with van der Waals surface area (Å²) in [6, 6.07) is 13.1. The van der Waals surface area contributed by atoms with Crippen LogP contribution in [0.1, 0.15) is 16.3 Å². The third-order valence-corrected chi connectivity index (χ3v) is 5.54. The van der Waals surface area contributed by atoms with Crippen molar-refractivity contribution in [3.63, 3.8) is 0 Å². The Labute approximate surface area is 191 Å². The molecule has 0 fully saturated rings. The van der Waals surface area contributed by atoms with Crippen LogP contribution in [0.15, 0.2) is 71.0 Å².